The summed E-state index contributed by atoms with van der Waals surface area (Å²) in [5.41, 5.74) is -0.479. The highest BCUT2D eigenvalue weighted by Gasteiger charge is 2.16. The Hall–Kier alpha value is -2.96. The van der Waals surface area contributed by atoms with E-state index in [1.54, 1.807) is 0 Å². The van der Waals surface area contributed by atoms with Crippen LogP contribution in [0.2, 0.25) is 0 Å². The van der Waals surface area contributed by atoms with Gasteiger partial charge in [0.2, 0.25) is 0 Å². The summed E-state index contributed by atoms with van der Waals surface area (Å²) in [5, 5.41) is 19.4. The van der Waals surface area contributed by atoms with Crippen molar-refractivity contribution >= 4 is 11.7 Å². The highest BCUT2D eigenvalue weighted by Crippen LogP contribution is 2.29. The van der Waals surface area contributed by atoms with E-state index >= 15 is 0 Å². The molecule has 0 aliphatic rings. The van der Waals surface area contributed by atoms with Crippen LogP contribution < -0.4 is 4.74 Å². The predicted molar refractivity (Wildman–Crippen MR) is 66.5 cm³/mol. The van der Waals surface area contributed by atoms with Crippen LogP contribution in [0.3, 0.4) is 0 Å². The molecule has 0 saturated heterocycles. The van der Waals surface area contributed by atoms with Crippen molar-refractivity contribution in [1.29, 1.82) is 0 Å². The number of carbonyl (C=O) groups is 1. The van der Waals surface area contributed by atoms with Crippen LogP contribution in [0.5, 0.6) is 11.5 Å². The molecule has 0 aromatic heterocycles. The third-order valence-corrected chi connectivity index (χ3v) is 2.46. The van der Waals surface area contributed by atoms with E-state index in [1.165, 1.54) is 36.4 Å². The maximum absolute atomic E-state index is 13.6. The minimum Gasteiger partial charge on any atom is -0.478 e. The number of nitro groups is 1. The zero-order chi connectivity index (χ0) is 14.7. The molecule has 0 amide bonds. The van der Waals surface area contributed by atoms with E-state index in [-0.39, 0.29) is 17.0 Å². The molecule has 102 valence electrons. The number of carboxylic acid groups (broad SMARTS) is 1. The van der Waals surface area contributed by atoms with Crippen LogP contribution in [0.4, 0.5) is 10.1 Å². The molecule has 0 aliphatic carbocycles. The first-order valence-corrected chi connectivity index (χ1v) is 5.43. The second-order valence-electron chi connectivity index (χ2n) is 3.77. The SMILES string of the molecule is O=C(O)c1cccc(F)c1Oc1ccc([N+](=O)[O-])cc1. The molecule has 0 fully saturated rings. The Kier molecular flexibility index (Phi) is 3.60. The summed E-state index contributed by atoms with van der Waals surface area (Å²) in [4.78, 5) is 20.9. The summed E-state index contributed by atoms with van der Waals surface area (Å²) in [6.45, 7) is 0. The molecule has 0 radical (unpaired) electrons. The van der Waals surface area contributed by atoms with Crippen LogP contribution in [0.15, 0.2) is 42.5 Å². The fourth-order valence-corrected chi connectivity index (χ4v) is 1.53. The molecule has 6 nitrogen and oxygen atoms in total. The quantitative estimate of drug-likeness (QED) is 0.684. The van der Waals surface area contributed by atoms with Crippen molar-refractivity contribution in [3.8, 4) is 11.5 Å². The van der Waals surface area contributed by atoms with E-state index in [0.29, 0.717) is 0 Å². The van der Waals surface area contributed by atoms with Crippen LogP contribution in [0.1, 0.15) is 10.4 Å². The van der Waals surface area contributed by atoms with E-state index in [0.717, 1.165) is 6.07 Å². The standard InChI is InChI=1S/C13H8FNO5/c14-11-3-1-2-10(13(16)17)12(11)20-9-6-4-8(5-7-9)15(18)19/h1-7H,(H,16,17). The topological polar surface area (TPSA) is 89.7 Å². The molecule has 2 aromatic rings. The molecule has 1 N–H and O–H groups in total. The molecule has 20 heavy (non-hydrogen) atoms. The van der Waals surface area contributed by atoms with Gasteiger partial charge in [-0.1, -0.05) is 6.07 Å². The molecule has 2 rings (SSSR count). The number of rotatable bonds is 4. The third-order valence-electron chi connectivity index (χ3n) is 2.46. The van der Waals surface area contributed by atoms with Crippen LogP contribution in [-0.4, -0.2) is 16.0 Å². The Morgan fingerprint density at radius 2 is 1.85 bits per heavy atom. The number of carboxylic acids is 1. The lowest BCUT2D eigenvalue weighted by Crippen LogP contribution is -2.02. The first kappa shape index (κ1) is 13.5. The lowest BCUT2D eigenvalue weighted by atomic mass is 10.2. The number of halogens is 1. The van der Waals surface area contributed by atoms with Crippen LogP contribution >= 0.6 is 0 Å². The van der Waals surface area contributed by atoms with E-state index in [9.17, 15) is 19.3 Å². The van der Waals surface area contributed by atoms with Gasteiger partial charge in [-0.15, -0.1) is 0 Å². The van der Waals surface area contributed by atoms with E-state index in [1.807, 2.05) is 0 Å². The number of hydrogen-bond donors (Lipinski definition) is 1. The van der Waals surface area contributed by atoms with Crippen molar-refractivity contribution in [3.63, 3.8) is 0 Å². The second kappa shape index (κ2) is 5.35. The minimum absolute atomic E-state index is 0.100. The zero-order valence-corrected chi connectivity index (χ0v) is 9.95. The number of nitrogens with zero attached hydrogens (tertiary/aromatic N) is 1. The van der Waals surface area contributed by atoms with Crippen molar-refractivity contribution in [2.45, 2.75) is 0 Å². The molecule has 0 unspecified atom stereocenters. The van der Waals surface area contributed by atoms with Gasteiger partial charge in [0.15, 0.2) is 11.6 Å². The normalized spacial score (nSPS) is 10.1. The number of para-hydroxylation sites is 1. The number of hydrogen-bond acceptors (Lipinski definition) is 4. The smallest absolute Gasteiger partial charge is 0.339 e. The predicted octanol–water partition coefficient (Wildman–Crippen LogP) is 3.22. The Labute approximate surface area is 112 Å². The summed E-state index contributed by atoms with van der Waals surface area (Å²) in [6.07, 6.45) is 0. The molecule has 0 bridgehead atoms. The first-order valence-electron chi connectivity index (χ1n) is 5.43. The number of aromatic carboxylic acids is 1. The Morgan fingerprint density at radius 1 is 1.20 bits per heavy atom. The van der Waals surface area contributed by atoms with Crippen molar-refractivity contribution in [3.05, 3.63) is 64.0 Å². The highest BCUT2D eigenvalue weighted by atomic mass is 19.1. The van der Waals surface area contributed by atoms with Crippen molar-refractivity contribution < 1.29 is 24.0 Å². The van der Waals surface area contributed by atoms with Crippen molar-refractivity contribution in [2.75, 3.05) is 0 Å². The molecule has 0 spiro atoms. The van der Waals surface area contributed by atoms with Gasteiger partial charge in [0.25, 0.3) is 5.69 Å². The van der Waals surface area contributed by atoms with Gasteiger partial charge in [-0.2, -0.15) is 0 Å². The fraction of sp³-hybridized carbons (Fsp3) is 0. The van der Waals surface area contributed by atoms with Gasteiger partial charge < -0.3 is 9.84 Å². The summed E-state index contributed by atoms with van der Waals surface area (Å²) >= 11 is 0. The molecular weight excluding hydrogens is 269 g/mol. The van der Waals surface area contributed by atoms with Gasteiger partial charge in [0, 0.05) is 12.1 Å². The number of benzene rings is 2. The Morgan fingerprint density at radius 3 is 2.40 bits per heavy atom. The lowest BCUT2D eigenvalue weighted by Gasteiger charge is -2.09. The molecule has 2 aromatic carbocycles. The maximum atomic E-state index is 13.6. The van der Waals surface area contributed by atoms with E-state index in [2.05, 4.69) is 0 Å². The van der Waals surface area contributed by atoms with Crippen LogP contribution in [0, 0.1) is 15.9 Å². The third kappa shape index (κ3) is 2.72. The maximum Gasteiger partial charge on any atom is 0.339 e. The molecule has 0 saturated carbocycles. The van der Waals surface area contributed by atoms with Crippen molar-refractivity contribution in [2.24, 2.45) is 0 Å². The fourth-order valence-electron chi connectivity index (χ4n) is 1.53. The Bertz CT molecular complexity index is 669. The van der Waals surface area contributed by atoms with Crippen LogP contribution in [-0.2, 0) is 0 Å². The Balaban J connectivity index is 2.34. The summed E-state index contributed by atoms with van der Waals surface area (Å²) in [6, 6.07) is 8.39. The van der Waals surface area contributed by atoms with E-state index < -0.39 is 22.5 Å². The largest absolute Gasteiger partial charge is 0.478 e. The molecule has 0 heterocycles. The summed E-state index contributed by atoms with van der Waals surface area (Å²) < 4.78 is 18.8. The average Bonchev–Trinajstić information content (AvgIpc) is 2.41. The lowest BCUT2D eigenvalue weighted by molar-refractivity contribution is -0.384. The van der Waals surface area contributed by atoms with Gasteiger partial charge in [0.1, 0.15) is 11.3 Å². The molecule has 0 atom stereocenters. The van der Waals surface area contributed by atoms with Gasteiger partial charge in [-0.25, -0.2) is 9.18 Å². The van der Waals surface area contributed by atoms with Gasteiger partial charge in [-0.3, -0.25) is 10.1 Å². The molecule has 7 heteroatoms. The zero-order valence-electron chi connectivity index (χ0n) is 9.95. The van der Waals surface area contributed by atoms with Gasteiger partial charge >= 0.3 is 5.97 Å². The highest BCUT2D eigenvalue weighted by molar-refractivity contribution is 5.91. The summed E-state index contributed by atoms with van der Waals surface area (Å²) in [7, 11) is 0. The second-order valence-corrected chi connectivity index (χ2v) is 3.77. The number of non-ortho nitro benzene ring substituents is 1. The monoisotopic (exact) mass is 277 g/mol. The van der Waals surface area contributed by atoms with Crippen molar-refractivity contribution in [1.82, 2.24) is 0 Å². The number of ether oxygens (including phenoxy) is 1. The van der Waals surface area contributed by atoms with Gasteiger partial charge in [0.05, 0.1) is 4.92 Å². The number of nitro benzene ring substituents is 1. The summed E-state index contributed by atoms with van der Waals surface area (Å²) in [5.74, 6) is -2.50. The molecular formula is C13H8FNO5. The van der Waals surface area contributed by atoms with Crippen LogP contribution in [0.25, 0.3) is 0 Å². The molecule has 0 aliphatic heterocycles. The average molecular weight is 277 g/mol. The first-order chi connectivity index (χ1) is 9.49. The van der Waals surface area contributed by atoms with Gasteiger partial charge in [-0.05, 0) is 24.3 Å². The minimum atomic E-state index is -1.33. The van der Waals surface area contributed by atoms with E-state index in [4.69, 9.17) is 9.84 Å².